The van der Waals surface area contributed by atoms with Gasteiger partial charge < -0.3 is 9.47 Å². The molecule has 1 radical (unpaired) electrons. The molecule has 115 valence electrons. The molecule has 0 aliphatic carbocycles. The molecule has 1 saturated heterocycles. The fourth-order valence-electron chi connectivity index (χ4n) is 2.49. The number of hydrogen-bond donors (Lipinski definition) is 0. The standard InChI is InChI=1S/C16H13F3NO2/c17-16(18,19)22-12-6-4-11(5-7-12)15-13(8-10-21-15)14-3-1-2-9-20-14/h1-7,9,13H,8,10H2. The third-order valence-corrected chi connectivity index (χ3v) is 3.40. The zero-order valence-corrected chi connectivity index (χ0v) is 11.5. The van der Waals surface area contributed by atoms with E-state index < -0.39 is 6.36 Å². The number of rotatable bonds is 3. The van der Waals surface area contributed by atoms with Crippen LogP contribution >= 0.6 is 0 Å². The van der Waals surface area contributed by atoms with E-state index >= 15 is 0 Å². The van der Waals surface area contributed by atoms with Crippen LogP contribution in [0.4, 0.5) is 13.2 Å². The molecule has 0 amide bonds. The molecule has 3 rings (SSSR count). The van der Waals surface area contributed by atoms with Gasteiger partial charge in [-0.05, 0) is 36.2 Å². The predicted molar refractivity (Wildman–Crippen MR) is 73.0 cm³/mol. The van der Waals surface area contributed by atoms with E-state index in [1.807, 2.05) is 18.2 Å². The van der Waals surface area contributed by atoms with Crippen LogP contribution in [0.5, 0.6) is 5.75 Å². The van der Waals surface area contributed by atoms with Crippen molar-refractivity contribution in [2.45, 2.75) is 18.7 Å². The van der Waals surface area contributed by atoms with Crippen LogP contribution in [0.15, 0.2) is 48.7 Å². The monoisotopic (exact) mass is 308 g/mol. The van der Waals surface area contributed by atoms with E-state index in [2.05, 4.69) is 9.72 Å². The van der Waals surface area contributed by atoms with E-state index in [1.165, 1.54) is 12.1 Å². The Morgan fingerprint density at radius 1 is 1.09 bits per heavy atom. The molecule has 1 aliphatic rings. The number of ether oxygens (including phenoxy) is 2. The SMILES string of the molecule is FC(F)(F)Oc1ccc([C]2OCCC2c2ccccn2)cc1. The highest BCUT2D eigenvalue weighted by molar-refractivity contribution is 5.38. The number of alkyl halides is 3. The van der Waals surface area contributed by atoms with Gasteiger partial charge in [-0.2, -0.15) is 0 Å². The molecule has 1 fully saturated rings. The van der Waals surface area contributed by atoms with E-state index in [1.54, 1.807) is 18.3 Å². The summed E-state index contributed by atoms with van der Waals surface area (Å²) in [7, 11) is 0. The van der Waals surface area contributed by atoms with Crippen LogP contribution in [0.25, 0.3) is 0 Å². The van der Waals surface area contributed by atoms with Gasteiger partial charge in [0.2, 0.25) is 0 Å². The molecule has 1 aromatic carbocycles. The van der Waals surface area contributed by atoms with Crippen LogP contribution in [0, 0.1) is 6.10 Å². The second kappa shape index (κ2) is 5.96. The summed E-state index contributed by atoms with van der Waals surface area (Å²) in [4.78, 5) is 4.33. The molecule has 1 aliphatic heterocycles. The summed E-state index contributed by atoms with van der Waals surface area (Å²) in [6, 6.07) is 11.4. The van der Waals surface area contributed by atoms with Crippen LogP contribution in [0.3, 0.4) is 0 Å². The van der Waals surface area contributed by atoms with E-state index in [0.29, 0.717) is 6.61 Å². The van der Waals surface area contributed by atoms with Gasteiger partial charge in [0, 0.05) is 24.4 Å². The fraction of sp³-hybridized carbons (Fsp3) is 0.250. The third-order valence-electron chi connectivity index (χ3n) is 3.40. The normalized spacial score (nSPS) is 19.3. The van der Waals surface area contributed by atoms with Crippen LogP contribution in [0.2, 0.25) is 0 Å². The highest BCUT2D eigenvalue weighted by atomic mass is 19.4. The Kier molecular flexibility index (Phi) is 4.02. The van der Waals surface area contributed by atoms with Gasteiger partial charge in [-0.25, -0.2) is 0 Å². The average Bonchev–Trinajstić information content (AvgIpc) is 2.97. The summed E-state index contributed by atoms with van der Waals surface area (Å²) < 4.78 is 46.0. The Morgan fingerprint density at radius 2 is 1.86 bits per heavy atom. The molecule has 2 aromatic rings. The smallest absolute Gasteiger partial charge is 0.406 e. The first-order valence-corrected chi connectivity index (χ1v) is 6.80. The Labute approximate surface area is 125 Å². The second-order valence-corrected chi connectivity index (χ2v) is 4.88. The van der Waals surface area contributed by atoms with Crippen molar-refractivity contribution in [2.75, 3.05) is 6.61 Å². The molecule has 6 heteroatoms. The maximum absolute atomic E-state index is 12.2. The van der Waals surface area contributed by atoms with E-state index in [-0.39, 0.29) is 11.7 Å². The minimum absolute atomic E-state index is 0.0237. The highest BCUT2D eigenvalue weighted by Crippen LogP contribution is 2.40. The number of pyridine rings is 1. The Hall–Kier alpha value is -2.08. The average molecular weight is 308 g/mol. The van der Waals surface area contributed by atoms with Crippen molar-refractivity contribution >= 4 is 0 Å². The van der Waals surface area contributed by atoms with Gasteiger partial charge >= 0.3 is 6.36 Å². The van der Waals surface area contributed by atoms with Gasteiger partial charge in [-0.3, -0.25) is 4.98 Å². The molecule has 1 aromatic heterocycles. The summed E-state index contributed by atoms with van der Waals surface area (Å²) in [6.07, 6.45) is -1.44. The Bertz CT molecular complexity index is 614. The number of benzene rings is 1. The first kappa shape index (κ1) is 14.8. The van der Waals surface area contributed by atoms with Crippen molar-refractivity contribution in [2.24, 2.45) is 0 Å². The Morgan fingerprint density at radius 3 is 2.50 bits per heavy atom. The summed E-state index contributed by atoms with van der Waals surface area (Å²) in [5, 5.41) is 0. The van der Waals surface area contributed by atoms with Gasteiger partial charge in [-0.1, -0.05) is 18.2 Å². The molecule has 0 bridgehead atoms. The van der Waals surface area contributed by atoms with Crippen molar-refractivity contribution in [3.8, 4) is 5.75 Å². The highest BCUT2D eigenvalue weighted by Gasteiger charge is 2.34. The minimum Gasteiger partial charge on any atom is -0.406 e. The molecule has 0 N–H and O–H groups in total. The van der Waals surface area contributed by atoms with Gasteiger partial charge in [0.25, 0.3) is 0 Å². The first-order chi connectivity index (χ1) is 10.5. The zero-order chi connectivity index (χ0) is 15.6. The van der Waals surface area contributed by atoms with Crippen LogP contribution in [-0.2, 0) is 4.74 Å². The molecule has 2 heterocycles. The molecule has 1 atom stereocenters. The van der Waals surface area contributed by atoms with E-state index in [0.717, 1.165) is 23.8 Å². The van der Waals surface area contributed by atoms with Crippen LogP contribution in [-0.4, -0.2) is 18.0 Å². The molecular weight excluding hydrogens is 295 g/mol. The van der Waals surface area contributed by atoms with Gasteiger partial charge in [-0.15, -0.1) is 13.2 Å². The molecule has 1 unspecified atom stereocenters. The number of aromatic nitrogens is 1. The third kappa shape index (κ3) is 3.39. The Balaban J connectivity index is 1.78. The summed E-state index contributed by atoms with van der Waals surface area (Å²) in [6.45, 7) is 0.567. The lowest BCUT2D eigenvalue weighted by Crippen LogP contribution is -2.17. The van der Waals surface area contributed by atoms with Crippen molar-refractivity contribution < 1.29 is 22.6 Å². The fourth-order valence-corrected chi connectivity index (χ4v) is 2.49. The lowest BCUT2D eigenvalue weighted by molar-refractivity contribution is -0.274. The number of hydrogen-bond acceptors (Lipinski definition) is 3. The molecule has 0 saturated carbocycles. The van der Waals surface area contributed by atoms with Crippen molar-refractivity contribution in [1.82, 2.24) is 4.98 Å². The zero-order valence-electron chi connectivity index (χ0n) is 11.5. The predicted octanol–water partition coefficient (Wildman–Crippen LogP) is 4.06. The molecule has 3 nitrogen and oxygen atoms in total. The van der Waals surface area contributed by atoms with Gasteiger partial charge in [0.1, 0.15) is 11.9 Å². The topological polar surface area (TPSA) is 31.4 Å². The lowest BCUT2D eigenvalue weighted by atomic mass is 9.92. The van der Waals surface area contributed by atoms with Crippen molar-refractivity contribution in [1.29, 1.82) is 0 Å². The second-order valence-electron chi connectivity index (χ2n) is 4.88. The van der Waals surface area contributed by atoms with Crippen molar-refractivity contribution in [3.63, 3.8) is 0 Å². The molecule has 0 spiro atoms. The molecular formula is C16H13F3NO2. The lowest BCUT2D eigenvalue weighted by Gasteiger charge is -2.17. The number of nitrogens with zero attached hydrogens (tertiary/aromatic N) is 1. The maximum Gasteiger partial charge on any atom is 0.573 e. The van der Waals surface area contributed by atoms with Crippen LogP contribution < -0.4 is 4.74 Å². The van der Waals surface area contributed by atoms with Crippen LogP contribution in [0.1, 0.15) is 23.6 Å². The summed E-state index contributed by atoms with van der Waals surface area (Å²) in [5.74, 6) is -0.222. The van der Waals surface area contributed by atoms with Gasteiger partial charge in [0.15, 0.2) is 0 Å². The first-order valence-electron chi connectivity index (χ1n) is 6.80. The summed E-state index contributed by atoms with van der Waals surface area (Å²) >= 11 is 0. The van der Waals surface area contributed by atoms with E-state index in [9.17, 15) is 13.2 Å². The summed E-state index contributed by atoms with van der Waals surface area (Å²) in [5.41, 5.74) is 1.63. The molecule has 22 heavy (non-hydrogen) atoms. The number of halogens is 3. The van der Waals surface area contributed by atoms with E-state index in [4.69, 9.17) is 4.74 Å². The van der Waals surface area contributed by atoms with Gasteiger partial charge in [0.05, 0.1) is 0 Å². The minimum atomic E-state index is -4.69. The van der Waals surface area contributed by atoms with Crippen molar-refractivity contribution in [3.05, 3.63) is 66.0 Å². The quantitative estimate of drug-likeness (QED) is 0.856. The maximum atomic E-state index is 12.2. The largest absolute Gasteiger partial charge is 0.573 e.